The van der Waals surface area contributed by atoms with Crippen molar-refractivity contribution in [2.24, 2.45) is 5.14 Å². The summed E-state index contributed by atoms with van der Waals surface area (Å²) in [5.74, 6) is -0.643. The number of halogens is 3. The lowest BCUT2D eigenvalue weighted by Gasteiger charge is -2.09. The molecule has 1 amide bonds. The van der Waals surface area contributed by atoms with Crippen molar-refractivity contribution in [2.75, 3.05) is 6.54 Å². The molecular formula is C17H17F3N2O4S. The van der Waals surface area contributed by atoms with Gasteiger partial charge in [-0.25, -0.2) is 13.6 Å². The quantitative estimate of drug-likeness (QED) is 0.741. The van der Waals surface area contributed by atoms with Crippen LogP contribution in [0.1, 0.15) is 11.1 Å². The standard InChI is InChI=1S/C17H17F3N2O4S/c18-17(19,20)26-14-5-1-13(2-6-14)11-16(23)22-10-9-12-3-7-15(8-4-12)27(21,24)25/h1-8H,9-11H2,(H,22,23)(H2,21,24,25). The van der Waals surface area contributed by atoms with Gasteiger partial charge in [-0.05, 0) is 41.8 Å². The van der Waals surface area contributed by atoms with Crippen LogP contribution in [0.5, 0.6) is 5.75 Å². The summed E-state index contributed by atoms with van der Waals surface area (Å²) in [6, 6.07) is 11.0. The van der Waals surface area contributed by atoms with Crippen LogP contribution in [-0.4, -0.2) is 27.2 Å². The van der Waals surface area contributed by atoms with Gasteiger partial charge in [-0.2, -0.15) is 0 Å². The SMILES string of the molecule is NS(=O)(=O)c1ccc(CCNC(=O)Cc2ccc(OC(F)(F)F)cc2)cc1. The van der Waals surface area contributed by atoms with E-state index in [2.05, 4.69) is 10.1 Å². The molecule has 146 valence electrons. The molecule has 27 heavy (non-hydrogen) atoms. The Morgan fingerprint density at radius 1 is 1.00 bits per heavy atom. The number of carbonyl (C=O) groups is 1. The maximum Gasteiger partial charge on any atom is 0.573 e. The highest BCUT2D eigenvalue weighted by atomic mass is 32.2. The van der Waals surface area contributed by atoms with Crippen molar-refractivity contribution in [3.8, 4) is 5.75 Å². The summed E-state index contributed by atoms with van der Waals surface area (Å²) in [6.07, 6.45) is -4.27. The van der Waals surface area contributed by atoms with Crippen LogP contribution in [0.15, 0.2) is 53.4 Å². The molecule has 2 rings (SSSR count). The minimum Gasteiger partial charge on any atom is -0.406 e. The number of carbonyl (C=O) groups excluding carboxylic acids is 1. The number of alkyl halides is 3. The summed E-state index contributed by atoms with van der Waals surface area (Å²) in [5, 5.41) is 7.70. The summed E-state index contributed by atoms with van der Waals surface area (Å²) < 4.78 is 62.4. The number of primary sulfonamides is 1. The van der Waals surface area contributed by atoms with Crippen molar-refractivity contribution in [1.29, 1.82) is 0 Å². The zero-order chi connectivity index (χ0) is 20.1. The van der Waals surface area contributed by atoms with Crippen molar-refractivity contribution in [1.82, 2.24) is 5.32 Å². The number of sulfonamides is 1. The molecule has 0 aliphatic carbocycles. The van der Waals surface area contributed by atoms with Gasteiger partial charge in [0.1, 0.15) is 5.75 Å². The molecule has 2 aromatic carbocycles. The van der Waals surface area contributed by atoms with Gasteiger partial charge in [0.05, 0.1) is 11.3 Å². The fourth-order valence-corrected chi connectivity index (χ4v) is 2.76. The van der Waals surface area contributed by atoms with E-state index in [4.69, 9.17) is 5.14 Å². The van der Waals surface area contributed by atoms with E-state index < -0.39 is 16.4 Å². The third-order valence-corrected chi connectivity index (χ3v) is 4.44. The molecule has 0 unspecified atom stereocenters. The zero-order valence-corrected chi connectivity index (χ0v) is 14.8. The van der Waals surface area contributed by atoms with Gasteiger partial charge in [-0.3, -0.25) is 4.79 Å². The molecule has 0 saturated heterocycles. The van der Waals surface area contributed by atoms with Gasteiger partial charge in [0.15, 0.2) is 0 Å². The summed E-state index contributed by atoms with van der Waals surface area (Å²) in [7, 11) is -3.74. The summed E-state index contributed by atoms with van der Waals surface area (Å²) in [6.45, 7) is 0.322. The van der Waals surface area contributed by atoms with Crippen LogP contribution in [0.2, 0.25) is 0 Å². The Morgan fingerprint density at radius 3 is 2.07 bits per heavy atom. The second-order valence-electron chi connectivity index (χ2n) is 5.66. The molecule has 3 N–H and O–H groups in total. The second kappa shape index (κ2) is 8.40. The molecule has 0 heterocycles. The molecule has 0 spiro atoms. The van der Waals surface area contributed by atoms with Crippen molar-refractivity contribution < 1.29 is 31.1 Å². The van der Waals surface area contributed by atoms with Crippen LogP contribution >= 0.6 is 0 Å². The first-order valence-electron chi connectivity index (χ1n) is 7.76. The average Bonchev–Trinajstić information content (AvgIpc) is 2.55. The Morgan fingerprint density at radius 2 is 1.56 bits per heavy atom. The summed E-state index contributed by atoms with van der Waals surface area (Å²) >= 11 is 0. The first-order valence-corrected chi connectivity index (χ1v) is 9.31. The lowest BCUT2D eigenvalue weighted by atomic mass is 10.1. The van der Waals surface area contributed by atoms with E-state index in [0.717, 1.165) is 17.7 Å². The van der Waals surface area contributed by atoms with E-state index in [9.17, 15) is 26.4 Å². The van der Waals surface area contributed by atoms with Crippen LogP contribution in [0.25, 0.3) is 0 Å². The topological polar surface area (TPSA) is 98.5 Å². The number of hydrogen-bond donors (Lipinski definition) is 2. The lowest BCUT2D eigenvalue weighted by Crippen LogP contribution is -2.27. The Bertz CT molecular complexity index is 880. The molecular weight excluding hydrogens is 385 g/mol. The lowest BCUT2D eigenvalue weighted by molar-refractivity contribution is -0.274. The normalized spacial score (nSPS) is 11.9. The van der Waals surface area contributed by atoms with Gasteiger partial charge in [0, 0.05) is 6.54 Å². The van der Waals surface area contributed by atoms with E-state index in [0.29, 0.717) is 18.5 Å². The molecule has 0 aliphatic rings. The third-order valence-electron chi connectivity index (χ3n) is 3.51. The maximum absolute atomic E-state index is 12.1. The van der Waals surface area contributed by atoms with E-state index in [1.807, 2.05) is 0 Å². The highest BCUT2D eigenvalue weighted by Crippen LogP contribution is 2.22. The minimum absolute atomic E-state index is 0.00763. The number of ether oxygens (including phenoxy) is 1. The van der Waals surface area contributed by atoms with Crippen molar-refractivity contribution >= 4 is 15.9 Å². The van der Waals surface area contributed by atoms with Gasteiger partial charge in [-0.1, -0.05) is 24.3 Å². The van der Waals surface area contributed by atoms with Crippen molar-refractivity contribution in [2.45, 2.75) is 24.1 Å². The molecule has 0 fully saturated rings. The molecule has 2 aromatic rings. The molecule has 10 heteroatoms. The predicted molar refractivity (Wildman–Crippen MR) is 91.4 cm³/mol. The van der Waals surface area contributed by atoms with E-state index in [1.165, 1.54) is 24.3 Å². The predicted octanol–water partition coefficient (Wildman–Crippen LogP) is 2.13. The first-order chi connectivity index (χ1) is 12.5. The average molecular weight is 402 g/mol. The number of hydrogen-bond acceptors (Lipinski definition) is 4. The summed E-state index contributed by atoms with van der Waals surface area (Å²) in [4.78, 5) is 11.9. The summed E-state index contributed by atoms with van der Waals surface area (Å²) in [5.41, 5.74) is 1.36. The smallest absolute Gasteiger partial charge is 0.406 e. The van der Waals surface area contributed by atoms with Gasteiger partial charge in [0.2, 0.25) is 15.9 Å². The monoisotopic (exact) mass is 402 g/mol. The largest absolute Gasteiger partial charge is 0.573 e. The molecule has 0 saturated carbocycles. The zero-order valence-electron chi connectivity index (χ0n) is 14.0. The Labute approximate surface area is 154 Å². The fourth-order valence-electron chi connectivity index (χ4n) is 2.25. The minimum atomic E-state index is -4.76. The molecule has 0 bridgehead atoms. The number of benzene rings is 2. The van der Waals surface area contributed by atoms with Crippen LogP contribution in [0, 0.1) is 0 Å². The number of rotatable bonds is 7. The van der Waals surface area contributed by atoms with Gasteiger partial charge >= 0.3 is 6.36 Å². The Balaban J connectivity index is 1.79. The molecule has 0 aromatic heterocycles. The second-order valence-corrected chi connectivity index (χ2v) is 7.22. The number of nitrogens with one attached hydrogen (secondary N) is 1. The van der Waals surface area contributed by atoms with Gasteiger partial charge < -0.3 is 10.1 Å². The van der Waals surface area contributed by atoms with Gasteiger partial charge in [0.25, 0.3) is 0 Å². The third kappa shape index (κ3) is 7.27. The Hall–Kier alpha value is -2.59. The molecule has 0 atom stereocenters. The fraction of sp³-hybridized carbons (Fsp3) is 0.235. The van der Waals surface area contributed by atoms with Crippen LogP contribution in [-0.2, 0) is 27.7 Å². The molecule has 6 nitrogen and oxygen atoms in total. The van der Waals surface area contributed by atoms with Gasteiger partial charge in [-0.15, -0.1) is 13.2 Å². The first kappa shape index (κ1) is 20.7. The van der Waals surface area contributed by atoms with Crippen LogP contribution < -0.4 is 15.2 Å². The van der Waals surface area contributed by atoms with Crippen LogP contribution in [0.3, 0.4) is 0 Å². The van der Waals surface area contributed by atoms with E-state index in [1.54, 1.807) is 12.1 Å². The van der Waals surface area contributed by atoms with Crippen molar-refractivity contribution in [3.63, 3.8) is 0 Å². The highest BCUT2D eigenvalue weighted by molar-refractivity contribution is 7.89. The molecule has 0 aliphatic heterocycles. The number of amides is 1. The van der Waals surface area contributed by atoms with Crippen molar-refractivity contribution in [3.05, 3.63) is 59.7 Å². The van der Waals surface area contributed by atoms with Crippen LogP contribution in [0.4, 0.5) is 13.2 Å². The van der Waals surface area contributed by atoms with E-state index >= 15 is 0 Å². The highest BCUT2D eigenvalue weighted by Gasteiger charge is 2.30. The molecule has 0 radical (unpaired) electrons. The number of nitrogens with two attached hydrogens (primary N) is 1. The Kier molecular flexibility index (Phi) is 6.45. The van der Waals surface area contributed by atoms with E-state index in [-0.39, 0.29) is 23.0 Å². The maximum atomic E-state index is 12.1.